The topological polar surface area (TPSA) is 55.8 Å². The van der Waals surface area contributed by atoms with Crippen LogP contribution in [0.15, 0.2) is 61.2 Å². The van der Waals surface area contributed by atoms with Crippen molar-refractivity contribution >= 4 is 12.0 Å². The van der Waals surface area contributed by atoms with E-state index in [1.54, 1.807) is 30.3 Å². The summed E-state index contributed by atoms with van der Waals surface area (Å²) in [7, 11) is 0. The zero-order valence-electron chi connectivity index (χ0n) is 12.9. The summed E-state index contributed by atoms with van der Waals surface area (Å²) in [4.78, 5) is 11.7. The molecule has 0 aliphatic carbocycles. The average molecular weight is 312 g/mol. The van der Waals surface area contributed by atoms with Crippen molar-refractivity contribution in [2.45, 2.75) is 12.7 Å². The van der Waals surface area contributed by atoms with Gasteiger partial charge in [0.25, 0.3) is 0 Å². The van der Waals surface area contributed by atoms with Crippen molar-refractivity contribution in [3.05, 3.63) is 77.9 Å². The van der Waals surface area contributed by atoms with Crippen molar-refractivity contribution < 1.29 is 19.4 Å². The van der Waals surface area contributed by atoms with E-state index in [1.165, 1.54) is 0 Å². The summed E-state index contributed by atoms with van der Waals surface area (Å²) in [5.74, 6) is -0.671. The van der Waals surface area contributed by atoms with E-state index in [1.807, 2.05) is 30.3 Å². The molecule has 0 spiro atoms. The van der Waals surface area contributed by atoms with Crippen molar-refractivity contribution in [3.63, 3.8) is 0 Å². The van der Waals surface area contributed by atoms with E-state index >= 15 is 0 Å². The summed E-state index contributed by atoms with van der Waals surface area (Å²) >= 11 is 0. The fourth-order valence-corrected chi connectivity index (χ4v) is 1.99. The Bertz CT molecular complexity index is 620. The molecule has 1 unspecified atom stereocenters. The lowest BCUT2D eigenvalue weighted by Crippen LogP contribution is -2.18. The highest BCUT2D eigenvalue weighted by Crippen LogP contribution is 2.13. The average Bonchev–Trinajstić information content (AvgIpc) is 2.62. The van der Waals surface area contributed by atoms with Crippen LogP contribution in [0.5, 0.6) is 0 Å². The number of hydrogen-bond acceptors (Lipinski definition) is 4. The van der Waals surface area contributed by atoms with Crippen LogP contribution in [-0.4, -0.2) is 24.3 Å². The first-order valence-corrected chi connectivity index (χ1v) is 7.39. The highest BCUT2D eigenvalue weighted by Gasteiger charge is 2.18. The predicted molar refractivity (Wildman–Crippen MR) is 88.5 cm³/mol. The monoisotopic (exact) mass is 312 g/mol. The lowest BCUT2D eigenvalue weighted by molar-refractivity contribution is -0.155. The molecule has 0 bridgehead atoms. The Morgan fingerprint density at radius 3 is 2.43 bits per heavy atom. The highest BCUT2D eigenvalue weighted by molar-refractivity contribution is 5.76. The Balaban J connectivity index is 1.66. The maximum atomic E-state index is 11.7. The van der Waals surface area contributed by atoms with E-state index in [2.05, 4.69) is 6.58 Å². The molecule has 0 saturated carbocycles. The molecule has 0 saturated heterocycles. The van der Waals surface area contributed by atoms with Gasteiger partial charge in [-0.2, -0.15) is 0 Å². The maximum absolute atomic E-state index is 11.7. The fraction of sp³-hybridized carbons (Fsp3) is 0.211. The molecule has 120 valence electrons. The minimum absolute atomic E-state index is 0.105. The van der Waals surface area contributed by atoms with Crippen LogP contribution >= 0.6 is 0 Å². The SMILES string of the molecule is C=Cc1ccc(COCCOC(=O)C(O)c2ccccc2)cc1. The molecular formula is C19H20O4. The van der Waals surface area contributed by atoms with E-state index in [-0.39, 0.29) is 13.2 Å². The van der Waals surface area contributed by atoms with Crippen LogP contribution in [0.25, 0.3) is 6.08 Å². The summed E-state index contributed by atoms with van der Waals surface area (Å²) in [5, 5.41) is 9.85. The number of rotatable bonds is 8. The molecular weight excluding hydrogens is 292 g/mol. The van der Waals surface area contributed by atoms with Gasteiger partial charge >= 0.3 is 5.97 Å². The van der Waals surface area contributed by atoms with Gasteiger partial charge in [0.1, 0.15) is 6.61 Å². The number of carbonyl (C=O) groups excluding carboxylic acids is 1. The van der Waals surface area contributed by atoms with Crippen LogP contribution < -0.4 is 0 Å². The quantitative estimate of drug-likeness (QED) is 0.601. The van der Waals surface area contributed by atoms with Crippen molar-refractivity contribution in [1.29, 1.82) is 0 Å². The van der Waals surface area contributed by atoms with Gasteiger partial charge in [-0.3, -0.25) is 0 Å². The lowest BCUT2D eigenvalue weighted by Gasteiger charge is -2.11. The fourth-order valence-electron chi connectivity index (χ4n) is 1.99. The number of benzene rings is 2. The minimum Gasteiger partial charge on any atom is -0.461 e. The summed E-state index contributed by atoms with van der Waals surface area (Å²) in [5.41, 5.74) is 2.60. The second-order valence-electron chi connectivity index (χ2n) is 4.98. The Morgan fingerprint density at radius 1 is 1.09 bits per heavy atom. The second kappa shape index (κ2) is 8.88. The number of aliphatic hydroxyl groups excluding tert-OH is 1. The molecule has 0 fully saturated rings. The zero-order valence-corrected chi connectivity index (χ0v) is 12.9. The molecule has 0 radical (unpaired) electrons. The van der Waals surface area contributed by atoms with Crippen LogP contribution in [0, 0.1) is 0 Å². The third-order valence-electron chi connectivity index (χ3n) is 3.29. The van der Waals surface area contributed by atoms with Crippen molar-refractivity contribution in [2.75, 3.05) is 13.2 Å². The summed E-state index contributed by atoms with van der Waals surface area (Å²) in [6, 6.07) is 16.5. The van der Waals surface area contributed by atoms with Gasteiger partial charge in [0.05, 0.1) is 13.2 Å². The predicted octanol–water partition coefficient (Wildman–Crippen LogP) is 3.12. The van der Waals surface area contributed by atoms with Crippen molar-refractivity contribution in [2.24, 2.45) is 0 Å². The Labute approximate surface area is 136 Å². The number of esters is 1. The van der Waals surface area contributed by atoms with Crippen molar-refractivity contribution in [3.8, 4) is 0 Å². The molecule has 0 aliphatic rings. The molecule has 2 aromatic rings. The van der Waals surface area contributed by atoms with Gasteiger partial charge in [0, 0.05) is 0 Å². The summed E-state index contributed by atoms with van der Waals surface area (Å²) < 4.78 is 10.4. The molecule has 0 aliphatic heterocycles. The van der Waals surface area contributed by atoms with E-state index in [0.717, 1.165) is 11.1 Å². The van der Waals surface area contributed by atoms with E-state index in [4.69, 9.17) is 9.47 Å². The van der Waals surface area contributed by atoms with Gasteiger partial charge in [0.15, 0.2) is 6.10 Å². The number of aliphatic hydroxyl groups is 1. The number of carbonyl (C=O) groups is 1. The third kappa shape index (κ3) is 5.36. The molecule has 1 atom stereocenters. The second-order valence-corrected chi connectivity index (χ2v) is 4.98. The standard InChI is InChI=1S/C19H20O4/c1-2-15-8-10-16(11-9-15)14-22-12-13-23-19(21)18(20)17-6-4-3-5-7-17/h2-11,18,20H,1,12-14H2. The Morgan fingerprint density at radius 2 is 1.78 bits per heavy atom. The largest absolute Gasteiger partial charge is 0.461 e. The smallest absolute Gasteiger partial charge is 0.339 e. The molecule has 0 amide bonds. The summed E-state index contributed by atoms with van der Waals surface area (Å²) in [6.45, 7) is 4.52. The molecule has 4 nitrogen and oxygen atoms in total. The summed E-state index contributed by atoms with van der Waals surface area (Å²) in [6.07, 6.45) is 0.518. The van der Waals surface area contributed by atoms with Gasteiger partial charge in [-0.15, -0.1) is 0 Å². The Kier molecular flexibility index (Phi) is 6.54. The molecule has 2 aromatic carbocycles. The van der Waals surface area contributed by atoms with Crippen LogP contribution in [0.4, 0.5) is 0 Å². The van der Waals surface area contributed by atoms with Crippen LogP contribution in [-0.2, 0) is 20.9 Å². The Hall–Kier alpha value is -2.43. The molecule has 1 N–H and O–H groups in total. The normalized spacial score (nSPS) is 11.7. The van der Waals surface area contributed by atoms with E-state index in [0.29, 0.717) is 12.2 Å². The van der Waals surface area contributed by atoms with E-state index < -0.39 is 12.1 Å². The number of hydrogen-bond donors (Lipinski definition) is 1. The molecule has 2 rings (SSSR count). The van der Waals surface area contributed by atoms with Gasteiger partial charge in [0.2, 0.25) is 0 Å². The molecule has 0 aromatic heterocycles. The first-order valence-electron chi connectivity index (χ1n) is 7.39. The van der Waals surface area contributed by atoms with Gasteiger partial charge in [-0.05, 0) is 16.7 Å². The first kappa shape index (κ1) is 16.9. The van der Waals surface area contributed by atoms with Gasteiger partial charge in [-0.25, -0.2) is 4.79 Å². The van der Waals surface area contributed by atoms with Crippen LogP contribution in [0.1, 0.15) is 22.8 Å². The molecule has 4 heteroatoms. The van der Waals surface area contributed by atoms with Gasteiger partial charge in [-0.1, -0.05) is 67.3 Å². The van der Waals surface area contributed by atoms with Gasteiger partial charge < -0.3 is 14.6 Å². The third-order valence-corrected chi connectivity index (χ3v) is 3.29. The minimum atomic E-state index is -1.26. The van der Waals surface area contributed by atoms with E-state index in [9.17, 15) is 9.90 Å². The zero-order chi connectivity index (χ0) is 16.5. The van der Waals surface area contributed by atoms with Crippen LogP contribution in [0.2, 0.25) is 0 Å². The van der Waals surface area contributed by atoms with Crippen LogP contribution in [0.3, 0.4) is 0 Å². The lowest BCUT2D eigenvalue weighted by atomic mass is 10.1. The molecule has 23 heavy (non-hydrogen) atoms. The highest BCUT2D eigenvalue weighted by atomic mass is 16.6. The van der Waals surface area contributed by atoms with Crippen molar-refractivity contribution in [1.82, 2.24) is 0 Å². The maximum Gasteiger partial charge on any atom is 0.339 e. The number of ether oxygens (including phenoxy) is 2. The molecule has 0 heterocycles. The first-order chi connectivity index (χ1) is 11.2.